The number of methoxy groups -OCH3 is 1. The largest absolute Gasteiger partial charge is 0.497 e. The van der Waals surface area contributed by atoms with Gasteiger partial charge in [0.1, 0.15) is 5.75 Å². The van der Waals surface area contributed by atoms with Crippen molar-refractivity contribution in [3.05, 3.63) is 30.2 Å². The average molecular weight is 259 g/mol. The lowest BCUT2D eigenvalue weighted by Gasteiger charge is -2.01. The van der Waals surface area contributed by atoms with Crippen molar-refractivity contribution in [1.29, 1.82) is 0 Å². The Bertz CT molecular complexity index is 550. The molecule has 1 aromatic carbocycles. The van der Waals surface area contributed by atoms with Gasteiger partial charge in [-0.2, -0.15) is 4.98 Å². The minimum Gasteiger partial charge on any atom is -0.497 e. The van der Waals surface area contributed by atoms with Crippen LogP contribution in [0.15, 0.2) is 28.8 Å². The van der Waals surface area contributed by atoms with Crippen LogP contribution in [0, 0.1) is 0 Å². The van der Waals surface area contributed by atoms with Crippen molar-refractivity contribution in [3.8, 4) is 17.1 Å². The second-order valence-corrected chi connectivity index (χ2v) is 4.95. The van der Waals surface area contributed by atoms with E-state index in [9.17, 15) is 0 Å². The highest BCUT2D eigenvalue weighted by molar-refractivity contribution is 5.55. The number of benzene rings is 1. The Hall–Kier alpha value is -1.88. The summed E-state index contributed by atoms with van der Waals surface area (Å²) >= 11 is 0. The van der Waals surface area contributed by atoms with Crippen LogP contribution in [-0.4, -0.2) is 23.3 Å². The maximum absolute atomic E-state index is 5.91. The molecule has 2 aromatic rings. The van der Waals surface area contributed by atoms with Gasteiger partial charge in [-0.05, 0) is 43.5 Å². The predicted octanol–water partition coefficient (Wildman–Crippen LogP) is 2.34. The normalized spacial score (nSPS) is 22.6. The molecule has 2 atom stereocenters. The second-order valence-electron chi connectivity index (χ2n) is 4.95. The molecule has 0 radical (unpaired) electrons. The van der Waals surface area contributed by atoms with Crippen molar-refractivity contribution in [3.63, 3.8) is 0 Å². The second kappa shape index (κ2) is 5.01. The molecule has 1 aromatic heterocycles. The zero-order valence-corrected chi connectivity index (χ0v) is 10.9. The summed E-state index contributed by atoms with van der Waals surface area (Å²) in [6.07, 6.45) is 3.00. The fourth-order valence-corrected chi connectivity index (χ4v) is 2.50. The van der Waals surface area contributed by atoms with Crippen molar-refractivity contribution in [2.75, 3.05) is 7.11 Å². The van der Waals surface area contributed by atoms with Gasteiger partial charge in [0.2, 0.25) is 11.7 Å². The first-order chi connectivity index (χ1) is 9.26. The highest BCUT2D eigenvalue weighted by atomic mass is 16.5. The lowest BCUT2D eigenvalue weighted by atomic mass is 10.1. The van der Waals surface area contributed by atoms with E-state index in [0.29, 0.717) is 17.6 Å². The molecular formula is C14H17N3O2. The zero-order chi connectivity index (χ0) is 13.2. The standard InChI is InChI=1S/C14H17N3O2/c1-18-12-6-3-9(4-7-12)13-16-14(19-17-13)10-2-5-11(15)8-10/h3-4,6-7,10-11H,2,5,8,15H2,1H3/t10-,11+/m1/s1. The van der Waals surface area contributed by atoms with Gasteiger partial charge in [0.15, 0.2) is 0 Å². The molecular weight excluding hydrogens is 242 g/mol. The molecule has 5 heteroatoms. The molecule has 5 nitrogen and oxygen atoms in total. The van der Waals surface area contributed by atoms with Gasteiger partial charge in [-0.25, -0.2) is 0 Å². The van der Waals surface area contributed by atoms with Gasteiger partial charge in [-0.1, -0.05) is 5.16 Å². The number of nitrogens with zero attached hydrogens (tertiary/aromatic N) is 2. The van der Waals surface area contributed by atoms with Crippen LogP contribution in [0.3, 0.4) is 0 Å². The molecule has 0 spiro atoms. The topological polar surface area (TPSA) is 74.2 Å². The quantitative estimate of drug-likeness (QED) is 0.915. The lowest BCUT2D eigenvalue weighted by molar-refractivity contribution is 0.353. The summed E-state index contributed by atoms with van der Waals surface area (Å²) < 4.78 is 10.5. The Morgan fingerprint density at radius 2 is 2.05 bits per heavy atom. The molecule has 0 saturated heterocycles. The van der Waals surface area contributed by atoms with Crippen molar-refractivity contribution >= 4 is 0 Å². The van der Waals surface area contributed by atoms with Crippen LogP contribution in [0.25, 0.3) is 11.4 Å². The summed E-state index contributed by atoms with van der Waals surface area (Å²) in [6, 6.07) is 7.89. The van der Waals surface area contributed by atoms with Crippen LogP contribution >= 0.6 is 0 Å². The zero-order valence-electron chi connectivity index (χ0n) is 10.9. The number of rotatable bonds is 3. The summed E-state index contributed by atoms with van der Waals surface area (Å²) in [5.41, 5.74) is 6.84. The van der Waals surface area contributed by atoms with Gasteiger partial charge >= 0.3 is 0 Å². The molecule has 0 aliphatic heterocycles. The average Bonchev–Trinajstić information content (AvgIpc) is 3.07. The van der Waals surface area contributed by atoms with Crippen molar-refractivity contribution in [2.45, 2.75) is 31.2 Å². The molecule has 1 heterocycles. The molecule has 0 bridgehead atoms. The van der Waals surface area contributed by atoms with E-state index in [4.69, 9.17) is 15.0 Å². The molecule has 0 unspecified atom stereocenters. The third kappa shape index (κ3) is 2.46. The number of ether oxygens (including phenoxy) is 1. The Kier molecular flexibility index (Phi) is 3.21. The summed E-state index contributed by atoms with van der Waals surface area (Å²) in [6.45, 7) is 0. The minimum atomic E-state index is 0.265. The third-order valence-corrected chi connectivity index (χ3v) is 3.61. The van der Waals surface area contributed by atoms with Gasteiger partial charge in [0.25, 0.3) is 0 Å². The van der Waals surface area contributed by atoms with Crippen LogP contribution in [0.4, 0.5) is 0 Å². The van der Waals surface area contributed by atoms with Crippen LogP contribution < -0.4 is 10.5 Å². The summed E-state index contributed by atoms with van der Waals surface area (Å²) in [4.78, 5) is 4.48. The van der Waals surface area contributed by atoms with E-state index in [1.807, 2.05) is 24.3 Å². The number of hydrogen-bond donors (Lipinski definition) is 1. The molecule has 2 N–H and O–H groups in total. The maximum atomic E-state index is 5.91. The number of hydrogen-bond acceptors (Lipinski definition) is 5. The highest BCUT2D eigenvalue weighted by Crippen LogP contribution is 2.33. The summed E-state index contributed by atoms with van der Waals surface area (Å²) in [5, 5.41) is 4.04. The Labute approximate surface area is 111 Å². The van der Waals surface area contributed by atoms with Crippen LogP contribution in [0.1, 0.15) is 31.1 Å². The molecule has 1 aliphatic carbocycles. The molecule has 3 rings (SSSR count). The van der Waals surface area contributed by atoms with Gasteiger partial charge in [0.05, 0.1) is 7.11 Å². The Morgan fingerprint density at radius 3 is 2.68 bits per heavy atom. The number of nitrogens with two attached hydrogens (primary N) is 1. The number of aromatic nitrogens is 2. The first kappa shape index (κ1) is 12.2. The van der Waals surface area contributed by atoms with Crippen LogP contribution in [0.5, 0.6) is 5.75 Å². The SMILES string of the molecule is COc1ccc(-c2noc([C@@H]3CC[C@H](N)C3)n2)cc1. The van der Waals surface area contributed by atoms with Gasteiger partial charge in [-0.15, -0.1) is 0 Å². The third-order valence-electron chi connectivity index (χ3n) is 3.61. The Morgan fingerprint density at radius 1 is 1.26 bits per heavy atom. The molecule has 19 heavy (non-hydrogen) atoms. The van der Waals surface area contributed by atoms with Crippen molar-refractivity contribution < 1.29 is 9.26 Å². The fraction of sp³-hybridized carbons (Fsp3) is 0.429. The highest BCUT2D eigenvalue weighted by Gasteiger charge is 2.27. The van der Waals surface area contributed by atoms with Gasteiger partial charge in [-0.3, -0.25) is 0 Å². The van der Waals surface area contributed by atoms with E-state index in [1.54, 1.807) is 7.11 Å². The molecule has 100 valence electrons. The summed E-state index contributed by atoms with van der Waals surface area (Å²) in [5.74, 6) is 2.46. The predicted molar refractivity (Wildman–Crippen MR) is 70.9 cm³/mol. The van der Waals surface area contributed by atoms with Gasteiger partial charge in [0, 0.05) is 17.5 Å². The van der Waals surface area contributed by atoms with E-state index in [-0.39, 0.29) is 6.04 Å². The smallest absolute Gasteiger partial charge is 0.230 e. The fourth-order valence-electron chi connectivity index (χ4n) is 2.50. The monoisotopic (exact) mass is 259 g/mol. The Balaban J connectivity index is 1.80. The minimum absolute atomic E-state index is 0.265. The first-order valence-corrected chi connectivity index (χ1v) is 6.50. The molecule has 0 amide bonds. The van der Waals surface area contributed by atoms with E-state index in [1.165, 1.54) is 0 Å². The maximum Gasteiger partial charge on any atom is 0.230 e. The van der Waals surface area contributed by atoms with Crippen molar-refractivity contribution in [1.82, 2.24) is 10.1 Å². The van der Waals surface area contributed by atoms with Crippen molar-refractivity contribution in [2.24, 2.45) is 5.73 Å². The molecule has 1 saturated carbocycles. The first-order valence-electron chi connectivity index (χ1n) is 6.50. The molecule has 1 aliphatic rings. The van der Waals surface area contributed by atoms with E-state index in [0.717, 1.165) is 30.6 Å². The van der Waals surface area contributed by atoms with E-state index >= 15 is 0 Å². The van der Waals surface area contributed by atoms with E-state index < -0.39 is 0 Å². The summed E-state index contributed by atoms with van der Waals surface area (Å²) in [7, 11) is 1.64. The van der Waals surface area contributed by atoms with Gasteiger partial charge < -0.3 is 15.0 Å². The molecule has 1 fully saturated rings. The van der Waals surface area contributed by atoms with E-state index in [2.05, 4.69) is 10.1 Å². The van der Waals surface area contributed by atoms with Crippen LogP contribution in [-0.2, 0) is 0 Å². The lowest BCUT2D eigenvalue weighted by Crippen LogP contribution is -2.14. The van der Waals surface area contributed by atoms with Crippen LogP contribution in [0.2, 0.25) is 0 Å².